The summed E-state index contributed by atoms with van der Waals surface area (Å²) >= 11 is 0. The highest BCUT2D eigenvalue weighted by atomic mass is 16.2. The molecule has 0 aromatic heterocycles. The number of likely N-dealkylation sites (tertiary alicyclic amines) is 1. The fourth-order valence-electron chi connectivity index (χ4n) is 3.67. The van der Waals surface area contributed by atoms with Crippen molar-refractivity contribution in [1.82, 2.24) is 10.2 Å². The Kier molecular flexibility index (Phi) is 2.81. The van der Waals surface area contributed by atoms with Crippen molar-refractivity contribution >= 4 is 11.8 Å². The molecule has 17 heavy (non-hydrogen) atoms. The Morgan fingerprint density at radius 3 is 2.53 bits per heavy atom. The zero-order chi connectivity index (χ0) is 11.8. The number of fused-ring (bicyclic) bond motifs is 1. The van der Waals surface area contributed by atoms with Gasteiger partial charge in [-0.2, -0.15) is 0 Å². The van der Waals surface area contributed by atoms with E-state index in [2.05, 4.69) is 5.32 Å². The number of hydrogen-bond donors (Lipinski definition) is 1. The maximum atomic E-state index is 12.3. The highest BCUT2D eigenvalue weighted by Crippen LogP contribution is 2.38. The van der Waals surface area contributed by atoms with Crippen LogP contribution in [-0.2, 0) is 9.59 Å². The number of nitrogens with zero attached hydrogens (tertiary/aromatic N) is 1. The monoisotopic (exact) mass is 236 g/mol. The first-order chi connectivity index (χ1) is 8.24. The van der Waals surface area contributed by atoms with Gasteiger partial charge in [0.2, 0.25) is 11.8 Å². The van der Waals surface area contributed by atoms with Gasteiger partial charge in [0.05, 0.1) is 0 Å². The third-order valence-corrected chi connectivity index (χ3v) is 4.63. The predicted octanol–water partition coefficient (Wildman–Crippen LogP) is 0.771. The van der Waals surface area contributed by atoms with Crippen molar-refractivity contribution in [1.29, 1.82) is 0 Å². The van der Waals surface area contributed by atoms with Crippen LogP contribution in [0.2, 0.25) is 0 Å². The molecule has 3 fully saturated rings. The molecule has 94 valence electrons. The van der Waals surface area contributed by atoms with Crippen molar-refractivity contribution in [2.75, 3.05) is 19.6 Å². The Morgan fingerprint density at radius 1 is 1.18 bits per heavy atom. The van der Waals surface area contributed by atoms with Gasteiger partial charge in [-0.3, -0.25) is 9.59 Å². The molecule has 4 heteroatoms. The molecule has 2 saturated heterocycles. The molecule has 2 amide bonds. The number of carbonyl (C=O) groups excluding carboxylic acids is 2. The number of rotatable bonds is 1. The van der Waals surface area contributed by atoms with Crippen LogP contribution in [0.1, 0.15) is 32.1 Å². The highest BCUT2D eigenvalue weighted by molar-refractivity contribution is 5.87. The average molecular weight is 236 g/mol. The topological polar surface area (TPSA) is 49.4 Å². The van der Waals surface area contributed by atoms with Crippen molar-refractivity contribution in [3.05, 3.63) is 0 Å². The summed E-state index contributed by atoms with van der Waals surface area (Å²) in [4.78, 5) is 25.7. The second kappa shape index (κ2) is 4.31. The van der Waals surface area contributed by atoms with Gasteiger partial charge < -0.3 is 10.2 Å². The van der Waals surface area contributed by atoms with Crippen molar-refractivity contribution in [2.24, 2.45) is 17.8 Å². The number of hydrogen-bond acceptors (Lipinski definition) is 2. The van der Waals surface area contributed by atoms with Gasteiger partial charge in [0.1, 0.15) is 0 Å². The van der Waals surface area contributed by atoms with Crippen LogP contribution in [0.3, 0.4) is 0 Å². The van der Waals surface area contributed by atoms with Gasteiger partial charge in [0, 0.05) is 32.0 Å². The van der Waals surface area contributed by atoms with Crippen LogP contribution in [0.4, 0.5) is 0 Å². The largest absolute Gasteiger partial charge is 0.356 e. The Morgan fingerprint density at radius 2 is 1.88 bits per heavy atom. The molecule has 3 aliphatic rings. The summed E-state index contributed by atoms with van der Waals surface area (Å²) in [5.41, 5.74) is 0. The molecule has 3 rings (SSSR count). The lowest BCUT2D eigenvalue weighted by atomic mass is 9.96. The van der Waals surface area contributed by atoms with E-state index >= 15 is 0 Å². The number of amides is 2. The molecule has 2 heterocycles. The Hall–Kier alpha value is -1.06. The van der Waals surface area contributed by atoms with Gasteiger partial charge in [-0.15, -0.1) is 0 Å². The zero-order valence-corrected chi connectivity index (χ0v) is 10.2. The van der Waals surface area contributed by atoms with Gasteiger partial charge >= 0.3 is 0 Å². The van der Waals surface area contributed by atoms with E-state index in [0.29, 0.717) is 13.0 Å². The minimum Gasteiger partial charge on any atom is -0.356 e. The summed E-state index contributed by atoms with van der Waals surface area (Å²) in [5, 5.41) is 2.79. The molecule has 1 N–H and O–H groups in total. The minimum atomic E-state index is -0.0532. The normalized spacial score (nSPS) is 36.8. The third-order valence-electron chi connectivity index (χ3n) is 4.63. The Balaban J connectivity index is 1.61. The summed E-state index contributed by atoms with van der Waals surface area (Å²) in [7, 11) is 0. The minimum absolute atomic E-state index is 0.0361. The molecule has 0 spiro atoms. The highest BCUT2D eigenvalue weighted by Gasteiger charge is 2.40. The van der Waals surface area contributed by atoms with Crippen LogP contribution >= 0.6 is 0 Å². The van der Waals surface area contributed by atoms with Crippen molar-refractivity contribution in [3.8, 4) is 0 Å². The van der Waals surface area contributed by atoms with Crippen LogP contribution in [-0.4, -0.2) is 36.3 Å². The SMILES string of the molecule is O=C1CC(C(=O)N2CC3CCCC3C2)CCN1. The molecular weight excluding hydrogens is 216 g/mol. The maximum Gasteiger partial charge on any atom is 0.226 e. The molecule has 3 unspecified atom stereocenters. The standard InChI is InChI=1S/C13H20N2O2/c16-12-6-9(4-5-14-12)13(17)15-7-10-2-1-3-11(10)8-15/h9-11H,1-8H2,(H,14,16). The van der Waals surface area contributed by atoms with E-state index in [4.69, 9.17) is 0 Å². The summed E-state index contributed by atoms with van der Waals surface area (Å²) < 4.78 is 0. The number of piperidine rings is 1. The van der Waals surface area contributed by atoms with Crippen LogP contribution in [0.25, 0.3) is 0 Å². The van der Waals surface area contributed by atoms with Crippen molar-refractivity contribution < 1.29 is 9.59 Å². The second-order valence-electron chi connectivity index (χ2n) is 5.73. The molecule has 0 aromatic carbocycles. The van der Waals surface area contributed by atoms with Gasteiger partial charge in [0.25, 0.3) is 0 Å². The first-order valence-electron chi connectivity index (χ1n) is 6.79. The lowest BCUT2D eigenvalue weighted by Gasteiger charge is -2.26. The average Bonchev–Trinajstić information content (AvgIpc) is 2.88. The lowest BCUT2D eigenvalue weighted by molar-refractivity contribution is -0.139. The van der Waals surface area contributed by atoms with E-state index in [1.807, 2.05) is 4.90 Å². The summed E-state index contributed by atoms with van der Waals surface area (Å²) in [6.45, 7) is 2.55. The first-order valence-corrected chi connectivity index (χ1v) is 6.79. The molecule has 1 saturated carbocycles. The first kappa shape index (κ1) is 11.1. The van der Waals surface area contributed by atoms with Crippen LogP contribution in [0, 0.1) is 17.8 Å². The smallest absolute Gasteiger partial charge is 0.226 e. The van der Waals surface area contributed by atoms with Gasteiger partial charge in [-0.25, -0.2) is 0 Å². The lowest BCUT2D eigenvalue weighted by Crippen LogP contribution is -2.42. The fourth-order valence-corrected chi connectivity index (χ4v) is 3.67. The van der Waals surface area contributed by atoms with Gasteiger partial charge in [0.15, 0.2) is 0 Å². The second-order valence-corrected chi connectivity index (χ2v) is 5.73. The molecule has 2 aliphatic heterocycles. The van der Waals surface area contributed by atoms with Crippen LogP contribution < -0.4 is 5.32 Å². The maximum absolute atomic E-state index is 12.3. The van der Waals surface area contributed by atoms with Crippen molar-refractivity contribution in [3.63, 3.8) is 0 Å². The molecule has 3 atom stereocenters. The van der Waals surface area contributed by atoms with E-state index in [1.165, 1.54) is 19.3 Å². The van der Waals surface area contributed by atoms with E-state index in [-0.39, 0.29) is 17.7 Å². The van der Waals surface area contributed by atoms with Crippen molar-refractivity contribution in [2.45, 2.75) is 32.1 Å². The molecule has 0 aromatic rings. The molecule has 1 aliphatic carbocycles. The Labute approximate surface area is 102 Å². The summed E-state index contributed by atoms with van der Waals surface area (Å²) in [5.74, 6) is 1.71. The number of carbonyl (C=O) groups is 2. The molecule has 0 bridgehead atoms. The van der Waals surface area contributed by atoms with E-state index in [0.717, 1.165) is 31.3 Å². The fraction of sp³-hybridized carbons (Fsp3) is 0.846. The van der Waals surface area contributed by atoms with Crippen LogP contribution in [0.15, 0.2) is 0 Å². The van der Waals surface area contributed by atoms with Gasteiger partial charge in [-0.1, -0.05) is 6.42 Å². The van der Waals surface area contributed by atoms with E-state index in [1.54, 1.807) is 0 Å². The third kappa shape index (κ3) is 2.05. The molecular formula is C13H20N2O2. The quantitative estimate of drug-likeness (QED) is 0.731. The predicted molar refractivity (Wildman–Crippen MR) is 63.1 cm³/mol. The van der Waals surface area contributed by atoms with Gasteiger partial charge in [-0.05, 0) is 31.1 Å². The van der Waals surface area contributed by atoms with E-state index < -0.39 is 0 Å². The molecule has 0 radical (unpaired) electrons. The number of nitrogens with one attached hydrogen (secondary N) is 1. The van der Waals surface area contributed by atoms with E-state index in [9.17, 15) is 9.59 Å². The summed E-state index contributed by atoms with van der Waals surface area (Å²) in [6, 6.07) is 0. The molecule has 4 nitrogen and oxygen atoms in total. The van der Waals surface area contributed by atoms with Crippen LogP contribution in [0.5, 0.6) is 0 Å². The summed E-state index contributed by atoms with van der Waals surface area (Å²) in [6.07, 6.45) is 5.13. The zero-order valence-electron chi connectivity index (χ0n) is 10.2. The Bertz CT molecular complexity index is 330.